The molecule has 1 saturated carbocycles. The second-order valence-electron chi connectivity index (χ2n) is 3.30. The van der Waals surface area contributed by atoms with Gasteiger partial charge in [-0.1, -0.05) is 6.92 Å². The summed E-state index contributed by atoms with van der Waals surface area (Å²) >= 11 is 0. The lowest BCUT2D eigenvalue weighted by Crippen LogP contribution is -2.26. The second kappa shape index (κ2) is 3.11. The van der Waals surface area contributed by atoms with Crippen LogP contribution in [-0.2, 0) is 10.0 Å². The minimum atomic E-state index is -2.97. The first kappa shape index (κ1) is 9.00. The highest BCUT2D eigenvalue weighted by atomic mass is 32.2. The summed E-state index contributed by atoms with van der Waals surface area (Å²) in [6.45, 7) is 2.01. The average Bonchev–Trinajstić information content (AvgIpc) is 2.67. The third kappa shape index (κ3) is 2.79. The monoisotopic (exact) mass is 177 g/mol. The molecule has 0 amide bonds. The van der Waals surface area contributed by atoms with Crippen molar-refractivity contribution in [2.75, 3.05) is 12.8 Å². The summed E-state index contributed by atoms with van der Waals surface area (Å²) in [5, 5.41) is 0. The Hall–Kier alpha value is -0.0900. The zero-order chi connectivity index (χ0) is 8.48. The molecule has 0 spiro atoms. The molecule has 0 bridgehead atoms. The van der Waals surface area contributed by atoms with Crippen molar-refractivity contribution in [1.82, 2.24) is 4.72 Å². The van der Waals surface area contributed by atoms with E-state index in [2.05, 4.69) is 4.72 Å². The molecule has 11 heavy (non-hydrogen) atoms. The number of sulfonamides is 1. The van der Waals surface area contributed by atoms with Gasteiger partial charge in [0.05, 0.1) is 5.75 Å². The Kier molecular flexibility index (Phi) is 2.54. The van der Waals surface area contributed by atoms with Crippen molar-refractivity contribution in [3.8, 4) is 0 Å². The average molecular weight is 177 g/mol. The van der Waals surface area contributed by atoms with Gasteiger partial charge < -0.3 is 0 Å². The smallest absolute Gasteiger partial charge is 0.211 e. The molecule has 0 aromatic rings. The van der Waals surface area contributed by atoms with Gasteiger partial charge in [-0.05, 0) is 31.7 Å². The molecule has 1 atom stereocenters. The lowest BCUT2D eigenvalue weighted by molar-refractivity contribution is 0.531. The maximum Gasteiger partial charge on any atom is 0.211 e. The van der Waals surface area contributed by atoms with E-state index in [0.717, 1.165) is 0 Å². The molecular formula is C7H15NO2S. The van der Waals surface area contributed by atoms with Crippen LogP contribution in [0.25, 0.3) is 0 Å². The van der Waals surface area contributed by atoms with E-state index in [9.17, 15) is 8.42 Å². The molecule has 0 radical (unpaired) electrons. The fraction of sp³-hybridized carbons (Fsp3) is 1.00. The highest BCUT2D eigenvalue weighted by Crippen LogP contribution is 2.36. The van der Waals surface area contributed by atoms with Gasteiger partial charge in [0.25, 0.3) is 0 Å². The first-order valence-electron chi connectivity index (χ1n) is 3.96. The van der Waals surface area contributed by atoms with E-state index in [1.54, 1.807) is 0 Å². The molecule has 1 unspecified atom stereocenters. The number of nitrogens with one attached hydrogen (secondary N) is 1. The van der Waals surface area contributed by atoms with Crippen LogP contribution in [0.5, 0.6) is 0 Å². The summed E-state index contributed by atoms with van der Waals surface area (Å²) in [6, 6.07) is 0. The lowest BCUT2D eigenvalue weighted by atomic mass is 10.1. The van der Waals surface area contributed by atoms with E-state index >= 15 is 0 Å². The van der Waals surface area contributed by atoms with Crippen LogP contribution in [0.3, 0.4) is 0 Å². The predicted molar refractivity (Wildman–Crippen MR) is 44.7 cm³/mol. The third-order valence-electron chi connectivity index (χ3n) is 2.22. The number of rotatable bonds is 4. The Bertz CT molecular complexity index is 219. The Morgan fingerprint density at radius 2 is 2.09 bits per heavy atom. The van der Waals surface area contributed by atoms with E-state index in [0.29, 0.717) is 11.8 Å². The summed E-state index contributed by atoms with van der Waals surface area (Å²) < 4.78 is 24.4. The Balaban J connectivity index is 2.40. The molecule has 0 saturated heterocycles. The predicted octanol–water partition coefficient (Wildman–Crippen LogP) is 0.582. The molecule has 1 rings (SSSR count). The SMILES string of the molecule is CNS(=O)(=O)CC(C)C1CC1. The minimum absolute atomic E-state index is 0.286. The van der Waals surface area contributed by atoms with Crippen LogP contribution >= 0.6 is 0 Å². The molecule has 4 heteroatoms. The van der Waals surface area contributed by atoms with Crippen molar-refractivity contribution in [1.29, 1.82) is 0 Å². The van der Waals surface area contributed by atoms with Crippen molar-refractivity contribution in [3.05, 3.63) is 0 Å². The van der Waals surface area contributed by atoms with Crippen LogP contribution < -0.4 is 4.72 Å². The Morgan fingerprint density at radius 3 is 2.45 bits per heavy atom. The van der Waals surface area contributed by atoms with Gasteiger partial charge in [0, 0.05) is 0 Å². The van der Waals surface area contributed by atoms with Crippen LogP contribution in [0.2, 0.25) is 0 Å². The number of hydrogen-bond donors (Lipinski definition) is 1. The van der Waals surface area contributed by atoms with Crippen LogP contribution in [0.4, 0.5) is 0 Å². The van der Waals surface area contributed by atoms with Gasteiger partial charge >= 0.3 is 0 Å². The van der Waals surface area contributed by atoms with Gasteiger partial charge in [0.1, 0.15) is 0 Å². The van der Waals surface area contributed by atoms with Gasteiger partial charge in [-0.15, -0.1) is 0 Å². The normalized spacial score (nSPS) is 21.6. The van der Waals surface area contributed by atoms with Gasteiger partial charge in [-0.3, -0.25) is 0 Å². The maximum absolute atomic E-state index is 11.0. The lowest BCUT2D eigenvalue weighted by Gasteiger charge is -2.08. The highest BCUT2D eigenvalue weighted by Gasteiger charge is 2.30. The largest absolute Gasteiger partial charge is 0.218 e. The van der Waals surface area contributed by atoms with Gasteiger partial charge in [0.15, 0.2) is 0 Å². The Morgan fingerprint density at radius 1 is 1.55 bits per heavy atom. The maximum atomic E-state index is 11.0. The fourth-order valence-corrected chi connectivity index (χ4v) is 2.36. The van der Waals surface area contributed by atoms with Gasteiger partial charge in [-0.2, -0.15) is 0 Å². The zero-order valence-electron chi connectivity index (χ0n) is 7.00. The first-order chi connectivity index (χ1) is 5.05. The molecule has 66 valence electrons. The summed E-state index contributed by atoms with van der Waals surface area (Å²) in [4.78, 5) is 0. The van der Waals surface area contributed by atoms with Crippen molar-refractivity contribution in [2.24, 2.45) is 11.8 Å². The van der Waals surface area contributed by atoms with E-state index in [4.69, 9.17) is 0 Å². The fourth-order valence-electron chi connectivity index (χ4n) is 1.23. The molecule has 1 N–H and O–H groups in total. The zero-order valence-corrected chi connectivity index (χ0v) is 7.82. The van der Waals surface area contributed by atoms with Gasteiger partial charge in [-0.25, -0.2) is 13.1 Å². The summed E-state index contributed by atoms with van der Waals surface area (Å²) in [5.41, 5.74) is 0. The van der Waals surface area contributed by atoms with Crippen LogP contribution in [0.1, 0.15) is 19.8 Å². The second-order valence-corrected chi connectivity index (χ2v) is 5.27. The molecule has 1 fully saturated rings. The summed E-state index contributed by atoms with van der Waals surface area (Å²) in [7, 11) is -1.51. The standard InChI is InChI=1S/C7H15NO2S/c1-6(7-3-4-7)5-11(9,10)8-2/h6-8H,3-5H2,1-2H3. The molecule has 1 aliphatic carbocycles. The van der Waals surface area contributed by atoms with Crippen molar-refractivity contribution < 1.29 is 8.42 Å². The molecule has 3 nitrogen and oxygen atoms in total. The molecule has 0 heterocycles. The third-order valence-corrected chi connectivity index (χ3v) is 3.81. The quantitative estimate of drug-likeness (QED) is 0.683. The summed E-state index contributed by atoms with van der Waals surface area (Å²) in [5.74, 6) is 1.28. The topological polar surface area (TPSA) is 46.2 Å². The van der Waals surface area contributed by atoms with Crippen LogP contribution in [-0.4, -0.2) is 21.2 Å². The molecule has 1 aliphatic rings. The number of hydrogen-bond acceptors (Lipinski definition) is 2. The van der Waals surface area contributed by atoms with Crippen molar-refractivity contribution >= 4 is 10.0 Å². The highest BCUT2D eigenvalue weighted by molar-refractivity contribution is 7.89. The molecular weight excluding hydrogens is 162 g/mol. The van der Waals surface area contributed by atoms with Crippen molar-refractivity contribution in [3.63, 3.8) is 0 Å². The first-order valence-corrected chi connectivity index (χ1v) is 5.61. The molecule has 0 aromatic heterocycles. The van der Waals surface area contributed by atoms with E-state index < -0.39 is 10.0 Å². The minimum Gasteiger partial charge on any atom is -0.218 e. The van der Waals surface area contributed by atoms with Crippen molar-refractivity contribution in [2.45, 2.75) is 19.8 Å². The van der Waals surface area contributed by atoms with E-state index in [1.165, 1.54) is 19.9 Å². The van der Waals surface area contributed by atoms with Crippen LogP contribution in [0, 0.1) is 11.8 Å². The van der Waals surface area contributed by atoms with Gasteiger partial charge in [0.2, 0.25) is 10.0 Å². The Labute approximate surface area is 68.2 Å². The molecule has 0 aromatic carbocycles. The van der Waals surface area contributed by atoms with Crippen LogP contribution in [0.15, 0.2) is 0 Å². The molecule has 0 aliphatic heterocycles. The van der Waals surface area contributed by atoms with E-state index in [1.807, 2.05) is 6.92 Å². The van der Waals surface area contributed by atoms with E-state index in [-0.39, 0.29) is 5.75 Å². The summed E-state index contributed by atoms with van der Waals surface area (Å²) in [6.07, 6.45) is 2.42.